The van der Waals surface area contributed by atoms with Crippen molar-refractivity contribution in [3.8, 4) is 0 Å². The van der Waals surface area contributed by atoms with Gasteiger partial charge in [-0.05, 0) is 36.8 Å². The molecule has 19 heavy (non-hydrogen) atoms. The van der Waals surface area contributed by atoms with Crippen molar-refractivity contribution in [2.75, 3.05) is 18.2 Å². The van der Waals surface area contributed by atoms with Crippen LogP contribution in [0.5, 0.6) is 0 Å². The monoisotopic (exact) mass is 299 g/mol. The highest BCUT2D eigenvalue weighted by Gasteiger charge is 2.24. The molecule has 1 saturated heterocycles. The summed E-state index contributed by atoms with van der Waals surface area (Å²) in [5.74, 6) is 0.488. The first-order valence-corrected chi connectivity index (χ1v) is 7.35. The third-order valence-electron chi connectivity index (χ3n) is 2.87. The molecule has 1 N–H and O–H groups in total. The van der Waals surface area contributed by atoms with Gasteiger partial charge in [0.1, 0.15) is 0 Å². The summed E-state index contributed by atoms with van der Waals surface area (Å²) in [7, 11) is 1.31. The van der Waals surface area contributed by atoms with E-state index in [0.29, 0.717) is 16.3 Å². The number of methoxy groups -OCH3 is 1. The van der Waals surface area contributed by atoms with Crippen LogP contribution in [0.25, 0.3) is 0 Å². The van der Waals surface area contributed by atoms with E-state index in [-0.39, 0.29) is 11.2 Å². The number of hydrogen-bond donors (Lipinski definition) is 1. The molecule has 6 heteroatoms. The average Bonchev–Trinajstić information content (AvgIpc) is 2.94. The van der Waals surface area contributed by atoms with E-state index < -0.39 is 5.97 Å². The summed E-state index contributed by atoms with van der Waals surface area (Å²) in [5, 5.41) is 3.15. The van der Waals surface area contributed by atoms with Crippen LogP contribution in [0.2, 0.25) is 5.02 Å². The smallest absolute Gasteiger partial charge is 0.337 e. The Morgan fingerprint density at radius 2 is 2.26 bits per heavy atom. The molecule has 1 amide bonds. The number of rotatable bonds is 3. The van der Waals surface area contributed by atoms with Crippen molar-refractivity contribution < 1.29 is 14.3 Å². The Morgan fingerprint density at radius 1 is 1.47 bits per heavy atom. The fourth-order valence-electron chi connectivity index (χ4n) is 1.86. The first kappa shape index (κ1) is 14.2. The van der Waals surface area contributed by atoms with E-state index in [0.717, 1.165) is 18.6 Å². The molecule has 0 aliphatic carbocycles. The van der Waals surface area contributed by atoms with Crippen molar-refractivity contribution in [3.05, 3.63) is 28.8 Å². The lowest BCUT2D eigenvalue weighted by atomic mass is 10.2. The van der Waals surface area contributed by atoms with Crippen molar-refractivity contribution in [1.29, 1.82) is 0 Å². The molecule has 2 rings (SSSR count). The molecule has 0 spiro atoms. The summed E-state index contributed by atoms with van der Waals surface area (Å²) in [5.41, 5.74) is 0.809. The molecular weight excluding hydrogens is 286 g/mol. The third-order valence-corrected chi connectivity index (χ3v) is 4.57. The van der Waals surface area contributed by atoms with Gasteiger partial charge >= 0.3 is 5.97 Å². The average molecular weight is 300 g/mol. The maximum Gasteiger partial charge on any atom is 0.337 e. The van der Waals surface area contributed by atoms with Crippen molar-refractivity contribution in [1.82, 2.24) is 0 Å². The van der Waals surface area contributed by atoms with Gasteiger partial charge < -0.3 is 10.1 Å². The van der Waals surface area contributed by atoms with Crippen LogP contribution >= 0.6 is 23.4 Å². The zero-order valence-electron chi connectivity index (χ0n) is 10.4. The largest absolute Gasteiger partial charge is 0.465 e. The van der Waals surface area contributed by atoms with Crippen LogP contribution in [0.15, 0.2) is 18.2 Å². The highest BCUT2D eigenvalue weighted by Crippen LogP contribution is 2.29. The highest BCUT2D eigenvalue weighted by atomic mass is 35.5. The van der Waals surface area contributed by atoms with Gasteiger partial charge in [-0.3, -0.25) is 4.79 Å². The van der Waals surface area contributed by atoms with E-state index in [4.69, 9.17) is 11.6 Å². The number of halogens is 1. The lowest BCUT2D eigenvalue weighted by molar-refractivity contribution is -0.115. The summed E-state index contributed by atoms with van der Waals surface area (Å²) in [6.45, 7) is 0. The summed E-state index contributed by atoms with van der Waals surface area (Å²) in [4.78, 5) is 23.4. The number of carbonyl (C=O) groups excluding carboxylic acids is 2. The van der Waals surface area contributed by atoms with E-state index >= 15 is 0 Å². The van der Waals surface area contributed by atoms with E-state index in [2.05, 4.69) is 10.1 Å². The SMILES string of the molecule is COC(=O)c1ccc(Cl)c(NC(=O)C2CCCS2)c1. The predicted molar refractivity (Wildman–Crippen MR) is 76.9 cm³/mol. The number of thioether (sulfide) groups is 1. The molecular formula is C13H14ClNO3S. The van der Waals surface area contributed by atoms with Crippen molar-refractivity contribution in [2.45, 2.75) is 18.1 Å². The Hall–Kier alpha value is -1.20. The van der Waals surface area contributed by atoms with Crippen LogP contribution in [0.4, 0.5) is 5.69 Å². The standard InChI is InChI=1S/C13H14ClNO3S/c1-18-13(17)8-4-5-9(14)10(7-8)15-12(16)11-3-2-6-19-11/h4-5,7,11H,2-3,6H2,1H3,(H,15,16). The number of amides is 1. The van der Waals surface area contributed by atoms with Crippen molar-refractivity contribution >= 4 is 40.9 Å². The Balaban J connectivity index is 2.14. The van der Waals surface area contributed by atoms with E-state index in [1.165, 1.54) is 13.2 Å². The number of benzene rings is 1. The summed E-state index contributed by atoms with van der Waals surface area (Å²) < 4.78 is 4.64. The van der Waals surface area contributed by atoms with E-state index in [9.17, 15) is 9.59 Å². The molecule has 0 aromatic heterocycles. The van der Waals surface area contributed by atoms with Gasteiger partial charge in [0.2, 0.25) is 5.91 Å². The summed E-state index contributed by atoms with van der Waals surface area (Å²) in [6.07, 6.45) is 1.93. The molecule has 1 unspecified atom stereocenters. The zero-order valence-corrected chi connectivity index (χ0v) is 12.0. The second kappa shape index (κ2) is 6.30. The van der Waals surface area contributed by atoms with Crippen LogP contribution in [0.3, 0.4) is 0 Å². The van der Waals surface area contributed by atoms with E-state index in [1.807, 2.05) is 0 Å². The Kier molecular flexibility index (Phi) is 4.71. The summed E-state index contributed by atoms with van der Waals surface area (Å²) in [6, 6.07) is 4.67. The fourth-order valence-corrected chi connectivity index (χ4v) is 3.19. The third kappa shape index (κ3) is 3.42. The molecule has 1 fully saturated rings. The molecule has 1 heterocycles. The molecule has 1 atom stereocenters. The topological polar surface area (TPSA) is 55.4 Å². The molecule has 1 aliphatic rings. The predicted octanol–water partition coefficient (Wildman–Crippen LogP) is 2.96. The summed E-state index contributed by atoms with van der Waals surface area (Å²) >= 11 is 7.67. The van der Waals surface area contributed by atoms with Gasteiger partial charge in [0.15, 0.2) is 0 Å². The van der Waals surface area contributed by atoms with Gasteiger partial charge in [-0.1, -0.05) is 11.6 Å². The van der Waals surface area contributed by atoms with Gasteiger partial charge in [-0.15, -0.1) is 11.8 Å². The van der Waals surface area contributed by atoms with Crippen molar-refractivity contribution in [2.24, 2.45) is 0 Å². The molecule has 4 nitrogen and oxygen atoms in total. The Morgan fingerprint density at radius 3 is 2.89 bits per heavy atom. The number of anilines is 1. The second-order valence-electron chi connectivity index (χ2n) is 4.18. The molecule has 1 aromatic rings. The first-order valence-electron chi connectivity index (χ1n) is 5.92. The highest BCUT2D eigenvalue weighted by molar-refractivity contribution is 8.00. The van der Waals surface area contributed by atoms with Gasteiger partial charge in [0.05, 0.1) is 28.6 Å². The second-order valence-corrected chi connectivity index (χ2v) is 5.89. The number of ether oxygens (including phenoxy) is 1. The van der Waals surface area contributed by atoms with E-state index in [1.54, 1.807) is 23.9 Å². The number of hydrogen-bond acceptors (Lipinski definition) is 4. The van der Waals surface area contributed by atoms with Gasteiger partial charge in [-0.2, -0.15) is 0 Å². The minimum atomic E-state index is -0.456. The maximum atomic E-state index is 12.0. The van der Waals surface area contributed by atoms with Gasteiger partial charge in [-0.25, -0.2) is 4.79 Å². The van der Waals surface area contributed by atoms with Crippen LogP contribution in [0, 0.1) is 0 Å². The molecule has 0 radical (unpaired) electrons. The zero-order chi connectivity index (χ0) is 13.8. The van der Waals surface area contributed by atoms with Crippen LogP contribution in [-0.4, -0.2) is 30.0 Å². The fraction of sp³-hybridized carbons (Fsp3) is 0.385. The lowest BCUT2D eigenvalue weighted by Gasteiger charge is -2.12. The van der Waals surface area contributed by atoms with Gasteiger partial charge in [0.25, 0.3) is 0 Å². The van der Waals surface area contributed by atoms with Gasteiger partial charge in [0, 0.05) is 0 Å². The van der Waals surface area contributed by atoms with Crippen LogP contribution < -0.4 is 5.32 Å². The normalized spacial score (nSPS) is 18.1. The Labute approximate surface area is 120 Å². The molecule has 1 aromatic carbocycles. The number of nitrogens with one attached hydrogen (secondary N) is 1. The quantitative estimate of drug-likeness (QED) is 0.872. The van der Waals surface area contributed by atoms with Crippen molar-refractivity contribution in [3.63, 3.8) is 0 Å². The molecule has 1 aliphatic heterocycles. The van der Waals surface area contributed by atoms with Crippen LogP contribution in [-0.2, 0) is 9.53 Å². The molecule has 0 bridgehead atoms. The molecule has 0 saturated carbocycles. The number of carbonyl (C=O) groups is 2. The minimum Gasteiger partial charge on any atom is -0.465 e. The minimum absolute atomic E-state index is 0.0298. The number of esters is 1. The first-order chi connectivity index (χ1) is 9.11. The van der Waals surface area contributed by atoms with Crippen LogP contribution in [0.1, 0.15) is 23.2 Å². The molecule has 102 valence electrons. The maximum absolute atomic E-state index is 12.0. The Bertz CT molecular complexity index is 501. The lowest BCUT2D eigenvalue weighted by Crippen LogP contribution is -2.23.